The molecule has 2 aliphatic rings. The molecule has 1 saturated heterocycles. The Morgan fingerprint density at radius 2 is 2.00 bits per heavy atom. The number of carbonyl (C=O) groups excluding carboxylic acids is 1. The van der Waals surface area contributed by atoms with Gasteiger partial charge >= 0.3 is 5.97 Å². The van der Waals surface area contributed by atoms with Crippen LogP contribution in [0.25, 0.3) is 0 Å². The van der Waals surface area contributed by atoms with Crippen molar-refractivity contribution in [3.05, 3.63) is 0 Å². The van der Waals surface area contributed by atoms with Crippen LogP contribution in [0.4, 0.5) is 0 Å². The molecule has 1 aliphatic heterocycles. The van der Waals surface area contributed by atoms with Gasteiger partial charge in [0.1, 0.15) is 6.04 Å². The van der Waals surface area contributed by atoms with Gasteiger partial charge in [0.05, 0.1) is 6.61 Å². The summed E-state index contributed by atoms with van der Waals surface area (Å²) >= 11 is 0. The maximum absolute atomic E-state index is 11.5. The molecule has 14 heavy (non-hydrogen) atoms. The highest BCUT2D eigenvalue weighted by Gasteiger charge is 2.24. The van der Waals surface area contributed by atoms with Gasteiger partial charge in [-0.2, -0.15) is 0 Å². The first-order valence-corrected chi connectivity index (χ1v) is 5.76. The zero-order valence-electron chi connectivity index (χ0n) is 8.63. The van der Waals surface area contributed by atoms with E-state index in [4.69, 9.17) is 4.74 Å². The first-order chi connectivity index (χ1) is 6.86. The number of nitrogens with one attached hydrogen (secondary N) is 1. The van der Waals surface area contributed by atoms with Crippen LogP contribution in [-0.4, -0.2) is 25.2 Å². The number of esters is 1. The molecule has 1 atom stereocenters. The van der Waals surface area contributed by atoms with Crippen LogP contribution in [0.2, 0.25) is 0 Å². The first kappa shape index (κ1) is 9.97. The van der Waals surface area contributed by atoms with Crippen molar-refractivity contribution in [1.29, 1.82) is 0 Å². The van der Waals surface area contributed by atoms with Crippen LogP contribution in [-0.2, 0) is 9.53 Å². The van der Waals surface area contributed by atoms with Crippen molar-refractivity contribution in [1.82, 2.24) is 5.32 Å². The molecule has 0 amide bonds. The molecule has 0 aromatic heterocycles. The minimum atomic E-state index is -0.0330. The zero-order chi connectivity index (χ0) is 9.80. The van der Waals surface area contributed by atoms with Crippen molar-refractivity contribution in [3.63, 3.8) is 0 Å². The third-order valence-electron chi connectivity index (χ3n) is 3.28. The molecule has 80 valence electrons. The maximum atomic E-state index is 11.5. The standard InChI is InChI=1S/C11H19NO2/c13-11(10-6-3-7-12-10)14-8-9-4-1-2-5-9/h9-10,12H,1-8H2. The third kappa shape index (κ3) is 2.47. The van der Waals surface area contributed by atoms with Gasteiger partial charge in [-0.25, -0.2) is 0 Å². The van der Waals surface area contributed by atoms with E-state index >= 15 is 0 Å². The minimum absolute atomic E-state index is 0.0172. The molecular formula is C11H19NO2. The predicted octanol–water partition coefficient (Wildman–Crippen LogP) is 1.47. The average Bonchev–Trinajstić information content (AvgIpc) is 2.87. The van der Waals surface area contributed by atoms with Crippen molar-refractivity contribution in [2.75, 3.05) is 13.2 Å². The van der Waals surface area contributed by atoms with Gasteiger partial charge in [0, 0.05) is 0 Å². The number of carbonyl (C=O) groups is 1. The van der Waals surface area contributed by atoms with Crippen LogP contribution in [0.3, 0.4) is 0 Å². The summed E-state index contributed by atoms with van der Waals surface area (Å²) < 4.78 is 5.31. The summed E-state index contributed by atoms with van der Waals surface area (Å²) in [5.41, 5.74) is 0. The fraction of sp³-hybridized carbons (Fsp3) is 0.909. The number of hydrogen-bond donors (Lipinski definition) is 1. The topological polar surface area (TPSA) is 38.3 Å². The zero-order valence-corrected chi connectivity index (χ0v) is 8.63. The second-order valence-corrected chi connectivity index (χ2v) is 4.43. The highest BCUT2D eigenvalue weighted by molar-refractivity contribution is 5.76. The van der Waals surface area contributed by atoms with Crippen LogP contribution in [0.1, 0.15) is 38.5 Å². The van der Waals surface area contributed by atoms with Crippen molar-refractivity contribution in [2.45, 2.75) is 44.6 Å². The summed E-state index contributed by atoms with van der Waals surface area (Å²) in [6.45, 7) is 1.61. The maximum Gasteiger partial charge on any atom is 0.323 e. The van der Waals surface area contributed by atoms with E-state index in [1.807, 2.05) is 0 Å². The smallest absolute Gasteiger partial charge is 0.323 e. The van der Waals surface area contributed by atoms with Crippen molar-refractivity contribution < 1.29 is 9.53 Å². The monoisotopic (exact) mass is 197 g/mol. The molecule has 0 spiro atoms. The molecule has 1 unspecified atom stereocenters. The van der Waals surface area contributed by atoms with E-state index in [-0.39, 0.29) is 12.0 Å². The molecule has 2 rings (SSSR count). The fourth-order valence-electron chi connectivity index (χ4n) is 2.36. The van der Waals surface area contributed by atoms with Gasteiger partial charge in [-0.3, -0.25) is 4.79 Å². The first-order valence-electron chi connectivity index (χ1n) is 5.76. The van der Waals surface area contributed by atoms with Gasteiger partial charge in [0.2, 0.25) is 0 Å². The molecule has 0 radical (unpaired) electrons. The lowest BCUT2D eigenvalue weighted by Gasteiger charge is -2.13. The van der Waals surface area contributed by atoms with Crippen molar-refractivity contribution in [2.24, 2.45) is 5.92 Å². The van der Waals surface area contributed by atoms with Gasteiger partial charge < -0.3 is 10.1 Å². The van der Waals surface area contributed by atoms with E-state index < -0.39 is 0 Å². The number of ether oxygens (including phenoxy) is 1. The predicted molar refractivity (Wildman–Crippen MR) is 53.9 cm³/mol. The van der Waals surface area contributed by atoms with E-state index in [1.54, 1.807) is 0 Å². The van der Waals surface area contributed by atoms with E-state index in [2.05, 4.69) is 5.32 Å². The van der Waals surface area contributed by atoms with Gasteiger partial charge in [-0.05, 0) is 38.1 Å². The van der Waals surface area contributed by atoms with Gasteiger partial charge in [0.25, 0.3) is 0 Å². The summed E-state index contributed by atoms with van der Waals surface area (Å²) in [7, 11) is 0. The molecule has 1 aliphatic carbocycles. The van der Waals surface area contributed by atoms with Gasteiger partial charge in [-0.1, -0.05) is 12.8 Å². The number of rotatable bonds is 3. The molecule has 1 N–H and O–H groups in total. The Morgan fingerprint density at radius 1 is 1.21 bits per heavy atom. The quantitative estimate of drug-likeness (QED) is 0.696. The summed E-state index contributed by atoms with van der Waals surface area (Å²) in [5.74, 6) is 0.606. The van der Waals surface area contributed by atoms with Crippen LogP contribution in [0, 0.1) is 5.92 Å². The second kappa shape index (κ2) is 4.78. The number of hydrogen-bond acceptors (Lipinski definition) is 3. The van der Waals surface area contributed by atoms with Crippen LogP contribution in [0.15, 0.2) is 0 Å². The molecule has 3 heteroatoms. The molecular weight excluding hydrogens is 178 g/mol. The summed E-state index contributed by atoms with van der Waals surface area (Å²) in [4.78, 5) is 11.5. The third-order valence-corrected chi connectivity index (χ3v) is 3.28. The average molecular weight is 197 g/mol. The molecule has 2 fully saturated rings. The summed E-state index contributed by atoms with van der Waals surface area (Å²) in [6, 6.07) is -0.0172. The second-order valence-electron chi connectivity index (χ2n) is 4.43. The SMILES string of the molecule is O=C(OCC1CCCC1)C1CCCN1. The highest BCUT2D eigenvalue weighted by Crippen LogP contribution is 2.24. The van der Waals surface area contributed by atoms with Gasteiger partial charge in [0.15, 0.2) is 0 Å². The fourth-order valence-corrected chi connectivity index (χ4v) is 2.36. The Labute approximate surface area is 85.2 Å². The van der Waals surface area contributed by atoms with Crippen LogP contribution < -0.4 is 5.32 Å². The van der Waals surface area contributed by atoms with E-state index in [9.17, 15) is 4.79 Å². The van der Waals surface area contributed by atoms with Crippen LogP contribution in [0.5, 0.6) is 0 Å². The Hall–Kier alpha value is -0.570. The Morgan fingerprint density at radius 3 is 2.64 bits per heavy atom. The Kier molecular flexibility index (Phi) is 3.40. The highest BCUT2D eigenvalue weighted by atomic mass is 16.5. The largest absolute Gasteiger partial charge is 0.464 e. The molecule has 0 aromatic carbocycles. The lowest BCUT2D eigenvalue weighted by molar-refractivity contribution is -0.147. The van der Waals surface area contributed by atoms with E-state index in [0.29, 0.717) is 12.5 Å². The van der Waals surface area contributed by atoms with E-state index in [0.717, 1.165) is 19.4 Å². The summed E-state index contributed by atoms with van der Waals surface area (Å²) in [6.07, 6.45) is 7.15. The minimum Gasteiger partial charge on any atom is -0.464 e. The molecule has 1 heterocycles. The van der Waals surface area contributed by atoms with E-state index in [1.165, 1.54) is 25.7 Å². The Bertz CT molecular complexity index is 193. The molecule has 3 nitrogen and oxygen atoms in total. The van der Waals surface area contributed by atoms with Crippen molar-refractivity contribution >= 4 is 5.97 Å². The summed E-state index contributed by atoms with van der Waals surface area (Å²) in [5, 5.41) is 3.16. The lowest BCUT2D eigenvalue weighted by atomic mass is 10.1. The molecule has 1 saturated carbocycles. The van der Waals surface area contributed by atoms with Crippen molar-refractivity contribution in [3.8, 4) is 0 Å². The van der Waals surface area contributed by atoms with Crippen LogP contribution >= 0.6 is 0 Å². The molecule has 0 bridgehead atoms. The van der Waals surface area contributed by atoms with Gasteiger partial charge in [-0.15, -0.1) is 0 Å². The molecule has 0 aromatic rings. The normalized spacial score (nSPS) is 28.1. The lowest BCUT2D eigenvalue weighted by Crippen LogP contribution is -2.33. The Balaban J connectivity index is 1.66.